The van der Waals surface area contributed by atoms with Gasteiger partial charge < -0.3 is 19.5 Å². The molecule has 1 amide bonds. The second-order valence-corrected chi connectivity index (χ2v) is 2.97. The lowest BCUT2D eigenvalue weighted by atomic mass is 10.4. The lowest BCUT2D eigenvalue weighted by Gasteiger charge is -2.12. The number of alkyl carbamates (subject to hydrolysis) is 1. The number of ether oxygens (including phenoxy) is 3. The van der Waals surface area contributed by atoms with Gasteiger partial charge in [0.2, 0.25) is 0 Å². The lowest BCUT2D eigenvalue weighted by molar-refractivity contribution is -0.137. The maximum Gasteiger partial charge on any atom is 0.407 e. The van der Waals surface area contributed by atoms with Gasteiger partial charge in [-0.05, 0) is 6.92 Å². The van der Waals surface area contributed by atoms with Crippen molar-refractivity contribution in [3.63, 3.8) is 0 Å². The Kier molecular flexibility index (Phi) is 7.87. The number of nitrogens with one attached hydrogen (secondary N) is 1. The third kappa shape index (κ3) is 7.81. The van der Waals surface area contributed by atoms with Crippen LogP contribution in [0.15, 0.2) is 12.7 Å². The minimum atomic E-state index is -0.570. The van der Waals surface area contributed by atoms with Crippen LogP contribution in [0.25, 0.3) is 0 Å². The van der Waals surface area contributed by atoms with Gasteiger partial charge in [0, 0.05) is 13.2 Å². The molecule has 1 N–H and O–H groups in total. The van der Waals surface area contributed by atoms with E-state index in [0.29, 0.717) is 6.61 Å². The molecule has 0 aromatic carbocycles. The minimum absolute atomic E-state index is 0.0820. The average molecular weight is 231 g/mol. The van der Waals surface area contributed by atoms with Crippen LogP contribution >= 0.6 is 0 Å². The molecule has 0 saturated carbocycles. The quantitative estimate of drug-likeness (QED) is 0.392. The largest absolute Gasteiger partial charge is 0.461 e. The van der Waals surface area contributed by atoms with Gasteiger partial charge >= 0.3 is 12.1 Å². The monoisotopic (exact) mass is 231 g/mol. The van der Waals surface area contributed by atoms with Gasteiger partial charge in [0.1, 0.15) is 12.7 Å². The molecule has 92 valence electrons. The summed E-state index contributed by atoms with van der Waals surface area (Å²) < 4.78 is 14.3. The van der Waals surface area contributed by atoms with Crippen molar-refractivity contribution in [1.82, 2.24) is 5.32 Å². The summed E-state index contributed by atoms with van der Waals surface area (Å²) in [5, 5.41) is 2.42. The van der Waals surface area contributed by atoms with Crippen LogP contribution in [-0.4, -0.2) is 45.0 Å². The van der Waals surface area contributed by atoms with E-state index in [1.165, 1.54) is 7.11 Å². The average Bonchev–Trinajstić information content (AvgIpc) is 2.24. The standard InChI is InChI=1S/C10H17NO5/c1-4-9(12)15-6-5-11-10(13)16-8(2)7-14-3/h4,8H,1,5-7H2,2-3H3,(H,11,13). The number of rotatable bonds is 7. The summed E-state index contributed by atoms with van der Waals surface area (Å²) in [7, 11) is 1.52. The number of hydrogen-bond donors (Lipinski definition) is 1. The molecule has 16 heavy (non-hydrogen) atoms. The van der Waals surface area contributed by atoms with E-state index in [9.17, 15) is 9.59 Å². The third-order valence-electron chi connectivity index (χ3n) is 1.49. The highest BCUT2D eigenvalue weighted by Crippen LogP contribution is 1.91. The van der Waals surface area contributed by atoms with Crippen molar-refractivity contribution >= 4 is 12.1 Å². The fourth-order valence-electron chi connectivity index (χ4n) is 0.857. The Bertz CT molecular complexity index is 241. The zero-order valence-electron chi connectivity index (χ0n) is 9.52. The summed E-state index contributed by atoms with van der Waals surface area (Å²) in [5.41, 5.74) is 0. The van der Waals surface area contributed by atoms with E-state index >= 15 is 0 Å². The SMILES string of the molecule is C=CC(=O)OCCNC(=O)OC(C)COC. The predicted molar refractivity (Wildman–Crippen MR) is 57.0 cm³/mol. The maximum atomic E-state index is 11.1. The van der Waals surface area contributed by atoms with Crippen LogP contribution in [0.2, 0.25) is 0 Å². The molecule has 0 aliphatic rings. The van der Waals surface area contributed by atoms with Gasteiger partial charge in [-0.25, -0.2) is 9.59 Å². The minimum Gasteiger partial charge on any atom is -0.461 e. The third-order valence-corrected chi connectivity index (χ3v) is 1.49. The molecule has 0 rings (SSSR count). The van der Waals surface area contributed by atoms with Gasteiger partial charge in [-0.3, -0.25) is 0 Å². The van der Waals surface area contributed by atoms with Gasteiger partial charge in [-0.1, -0.05) is 6.58 Å². The first-order valence-corrected chi connectivity index (χ1v) is 4.82. The molecule has 6 nitrogen and oxygen atoms in total. The van der Waals surface area contributed by atoms with Crippen LogP contribution in [-0.2, 0) is 19.0 Å². The fraction of sp³-hybridized carbons (Fsp3) is 0.600. The van der Waals surface area contributed by atoms with E-state index in [4.69, 9.17) is 9.47 Å². The van der Waals surface area contributed by atoms with Crippen molar-refractivity contribution in [3.8, 4) is 0 Å². The van der Waals surface area contributed by atoms with Crippen LogP contribution in [0.4, 0.5) is 4.79 Å². The van der Waals surface area contributed by atoms with Crippen molar-refractivity contribution in [2.24, 2.45) is 0 Å². The van der Waals surface area contributed by atoms with E-state index in [-0.39, 0.29) is 19.3 Å². The Hall–Kier alpha value is -1.56. The second kappa shape index (κ2) is 8.72. The van der Waals surface area contributed by atoms with Crippen LogP contribution in [0, 0.1) is 0 Å². The lowest BCUT2D eigenvalue weighted by Crippen LogP contribution is -2.32. The van der Waals surface area contributed by atoms with E-state index in [0.717, 1.165) is 6.08 Å². The molecule has 1 atom stereocenters. The van der Waals surface area contributed by atoms with Crippen molar-refractivity contribution in [2.75, 3.05) is 26.9 Å². The van der Waals surface area contributed by atoms with E-state index in [2.05, 4.69) is 16.6 Å². The molecule has 0 radical (unpaired) electrons. The summed E-state index contributed by atoms with van der Waals surface area (Å²) in [5.74, 6) is -0.525. The van der Waals surface area contributed by atoms with E-state index in [1.54, 1.807) is 6.92 Å². The first-order valence-electron chi connectivity index (χ1n) is 4.82. The topological polar surface area (TPSA) is 73.9 Å². The molecule has 6 heteroatoms. The van der Waals surface area contributed by atoms with E-state index in [1.807, 2.05) is 0 Å². The molecule has 1 unspecified atom stereocenters. The molecule has 0 aliphatic carbocycles. The zero-order valence-corrected chi connectivity index (χ0v) is 9.52. The number of hydrogen-bond acceptors (Lipinski definition) is 5. The molecule has 0 heterocycles. The number of carbonyl (C=O) groups excluding carboxylic acids is 2. The summed E-state index contributed by atoms with van der Waals surface area (Å²) in [6.07, 6.45) is 0.166. The van der Waals surface area contributed by atoms with Crippen LogP contribution < -0.4 is 5.32 Å². The zero-order chi connectivity index (χ0) is 12.4. The van der Waals surface area contributed by atoms with Crippen molar-refractivity contribution < 1.29 is 23.8 Å². The summed E-state index contributed by atoms with van der Waals surface area (Å²) in [4.78, 5) is 21.7. The van der Waals surface area contributed by atoms with Crippen molar-refractivity contribution in [3.05, 3.63) is 12.7 Å². The first kappa shape index (κ1) is 14.4. The molecule has 0 fully saturated rings. The predicted octanol–water partition coefficient (Wildman–Crippen LogP) is 0.477. The van der Waals surface area contributed by atoms with Crippen LogP contribution in [0.5, 0.6) is 0 Å². The molecular formula is C10H17NO5. The number of esters is 1. The summed E-state index contributed by atoms with van der Waals surface area (Å²) >= 11 is 0. The Labute approximate surface area is 94.5 Å². The molecule has 0 spiro atoms. The Morgan fingerprint density at radius 1 is 1.50 bits per heavy atom. The number of amides is 1. The molecule has 0 bridgehead atoms. The fourth-order valence-corrected chi connectivity index (χ4v) is 0.857. The van der Waals surface area contributed by atoms with Gasteiger partial charge in [0.05, 0.1) is 13.2 Å². The smallest absolute Gasteiger partial charge is 0.407 e. The van der Waals surface area contributed by atoms with Crippen molar-refractivity contribution in [1.29, 1.82) is 0 Å². The molecular weight excluding hydrogens is 214 g/mol. The van der Waals surface area contributed by atoms with E-state index < -0.39 is 12.1 Å². The maximum absolute atomic E-state index is 11.1. The molecule has 0 aliphatic heterocycles. The summed E-state index contributed by atoms with van der Waals surface area (Å²) in [6.45, 7) is 5.55. The number of carbonyl (C=O) groups is 2. The van der Waals surface area contributed by atoms with Gasteiger partial charge in [0.25, 0.3) is 0 Å². The van der Waals surface area contributed by atoms with Crippen LogP contribution in [0.1, 0.15) is 6.92 Å². The Morgan fingerprint density at radius 3 is 2.75 bits per heavy atom. The van der Waals surface area contributed by atoms with Gasteiger partial charge in [-0.15, -0.1) is 0 Å². The first-order chi connectivity index (χ1) is 7.60. The highest BCUT2D eigenvalue weighted by molar-refractivity contribution is 5.81. The van der Waals surface area contributed by atoms with Gasteiger partial charge in [0.15, 0.2) is 0 Å². The highest BCUT2D eigenvalue weighted by Gasteiger charge is 2.08. The van der Waals surface area contributed by atoms with Crippen molar-refractivity contribution in [2.45, 2.75) is 13.0 Å². The van der Waals surface area contributed by atoms with Crippen LogP contribution in [0.3, 0.4) is 0 Å². The normalized spacial score (nSPS) is 11.4. The molecule has 0 aromatic heterocycles. The Morgan fingerprint density at radius 2 is 2.19 bits per heavy atom. The van der Waals surface area contributed by atoms with Gasteiger partial charge in [-0.2, -0.15) is 0 Å². The summed E-state index contributed by atoms with van der Waals surface area (Å²) in [6, 6.07) is 0. The second-order valence-electron chi connectivity index (χ2n) is 2.97. The molecule has 0 saturated heterocycles. The molecule has 0 aromatic rings. The Balaban J connectivity index is 3.50. The number of methoxy groups -OCH3 is 1. The highest BCUT2D eigenvalue weighted by atomic mass is 16.6.